The van der Waals surface area contributed by atoms with E-state index in [1.807, 2.05) is 13.0 Å². The lowest BCUT2D eigenvalue weighted by atomic mass is 10.1. The number of carbonyl (C=O) groups excluding carboxylic acids is 1. The van der Waals surface area contributed by atoms with Crippen LogP contribution in [0.1, 0.15) is 21.5 Å². The van der Waals surface area contributed by atoms with Gasteiger partial charge in [0.25, 0.3) is 5.91 Å². The minimum atomic E-state index is -0.240. The zero-order valence-corrected chi connectivity index (χ0v) is 14.3. The number of anilines is 1. The van der Waals surface area contributed by atoms with Crippen molar-refractivity contribution < 1.29 is 4.79 Å². The van der Waals surface area contributed by atoms with Gasteiger partial charge >= 0.3 is 0 Å². The molecule has 108 valence electrons. The van der Waals surface area contributed by atoms with E-state index in [0.717, 1.165) is 10.0 Å². The van der Waals surface area contributed by atoms with Crippen molar-refractivity contribution in [2.75, 3.05) is 5.32 Å². The lowest BCUT2D eigenvalue weighted by Gasteiger charge is -2.11. The van der Waals surface area contributed by atoms with E-state index in [-0.39, 0.29) is 10.9 Å². The zero-order valence-electron chi connectivity index (χ0n) is 11.1. The molecule has 6 heteroatoms. The first kappa shape index (κ1) is 15.9. The Morgan fingerprint density at radius 2 is 2.05 bits per heavy atom. The third-order valence-electron chi connectivity index (χ3n) is 3.01. The van der Waals surface area contributed by atoms with Crippen LogP contribution in [-0.4, -0.2) is 10.9 Å². The second-order valence-electron chi connectivity index (χ2n) is 4.43. The quantitative estimate of drug-likeness (QED) is 0.777. The molecule has 0 aliphatic heterocycles. The molecule has 0 unspecified atom stereocenters. The SMILES string of the molecule is Cc1c(Br)cccc1C(=O)Nc1cc(C(N)=S)ccc1Cl. The third kappa shape index (κ3) is 3.61. The maximum atomic E-state index is 12.4. The van der Waals surface area contributed by atoms with Gasteiger partial charge in [0, 0.05) is 15.6 Å². The monoisotopic (exact) mass is 382 g/mol. The van der Waals surface area contributed by atoms with E-state index in [2.05, 4.69) is 21.2 Å². The highest BCUT2D eigenvalue weighted by Gasteiger charge is 2.13. The van der Waals surface area contributed by atoms with Crippen LogP contribution in [0, 0.1) is 6.92 Å². The molecule has 2 aromatic carbocycles. The van der Waals surface area contributed by atoms with Crippen molar-refractivity contribution >= 4 is 56.3 Å². The number of thiocarbonyl (C=S) groups is 1. The summed E-state index contributed by atoms with van der Waals surface area (Å²) in [6.45, 7) is 1.87. The molecular weight excluding hydrogens is 372 g/mol. The molecule has 0 saturated heterocycles. The molecular formula is C15H12BrClN2OS. The van der Waals surface area contributed by atoms with E-state index < -0.39 is 0 Å². The maximum absolute atomic E-state index is 12.4. The molecule has 0 radical (unpaired) electrons. The van der Waals surface area contributed by atoms with E-state index >= 15 is 0 Å². The predicted molar refractivity (Wildman–Crippen MR) is 94.2 cm³/mol. The lowest BCUT2D eigenvalue weighted by molar-refractivity contribution is 0.102. The number of benzene rings is 2. The molecule has 0 atom stereocenters. The van der Waals surface area contributed by atoms with Crippen LogP contribution in [0.4, 0.5) is 5.69 Å². The Hall–Kier alpha value is -1.43. The molecule has 21 heavy (non-hydrogen) atoms. The van der Waals surface area contributed by atoms with Crippen molar-refractivity contribution in [1.29, 1.82) is 0 Å². The maximum Gasteiger partial charge on any atom is 0.256 e. The lowest BCUT2D eigenvalue weighted by Crippen LogP contribution is -2.15. The van der Waals surface area contributed by atoms with E-state index in [0.29, 0.717) is 21.8 Å². The molecule has 0 aliphatic rings. The van der Waals surface area contributed by atoms with Crippen LogP contribution in [-0.2, 0) is 0 Å². The summed E-state index contributed by atoms with van der Waals surface area (Å²) in [7, 11) is 0. The summed E-state index contributed by atoms with van der Waals surface area (Å²) in [5.41, 5.74) is 8.14. The van der Waals surface area contributed by atoms with E-state index in [4.69, 9.17) is 29.6 Å². The number of hydrogen-bond acceptors (Lipinski definition) is 2. The Balaban J connectivity index is 2.33. The molecule has 2 aromatic rings. The van der Waals surface area contributed by atoms with Gasteiger partial charge in [0.15, 0.2) is 0 Å². The van der Waals surface area contributed by atoms with Gasteiger partial charge in [-0.2, -0.15) is 0 Å². The fourth-order valence-corrected chi connectivity index (χ4v) is 2.48. The summed E-state index contributed by atoms with van der Waals surface area (Å²) in [5.74, 6) is -0.240. The van der Waals surface area contributed by atoms with Crippen LogP contribution in [0.2, 0.25) is 5.02 Å². The van der Waals surface area contributed by atoms with Gasteiger partial charge in [0.05, 0.1) is 10.7 Å². The largest absolute Gasteiger partial charge is 0.389 e. The predicted octanol–water partition coefficient (Wildman–Crippen LogP) is 4.30. The highest BCUT2D eigenvalue weighted by Crippen LogP contribution is 2.25. The average molecular weight is 384 g/mol. The fraction of sp³-hybridized carbons (Fsp3) is 0.0667. The first-order chi connectivity index (χ1) is 9.90. The molecule has 0 saturated carbocycles. The first-order valence-electron chi connectivity index (χ1n) is 6.06. The first-order valence-corrected chi connectivity index (χ1v) is 7.64. The molecule has 0 spiro atoms. The Morgan fingerprint density at radius 1 is 1.33 bits per heavy atom. The highest BCUT2D eigenvalue weighted by atomic mass is 79.9. The number of amides is 1. The summed E-state index contributed by atoms with van der Waals surface area (Å²) in [4.78, 5) is 12.6. The molecule has 1 amide bonds. The molecule has 0 bridgehead atoms. The van der Waals surface area contributed by atoms with Gasteiger partial charge in [-0.1, -0.05) is 51.9 Å². The standard InChI is InChI=1S/C15H12BrClN2OS/c1-8-10(3-2-4-11(8)16)15(20)19-13-7-9(14(18)21)5-6-12(13)17/h2-7H,1H3,(H2,18,21)(H,19,20). The summed E-state index contributed by atoms with van der Waals surface area (Å²) >= 11 is 14.4. The molecule has 3 N–H and O–H groups in total. The molecule has 2 rings (SSSR count). The number of nitrogens with one attached hydrogen (secondary N) is 1. The Labute approximate surface area is 141 Å². The van der Waals surface area contributed by atoms with Crippen molar-refractivity contribution in [3.63, 3.8) is 0 Å². The van der Waals surface area contributed by atoms with E-state index in [1.54, 1.807) is 30.3 Å². The second kappa shape index (κ2) is 6.56. The molecule has 0 fully saturated rings. The van der Waals surface area contributed by atoms with Gasteiger partial charge in [-0.3, -0.25) is 4.79 Å². The Bertz CT molecular complexity index is 734. The normalized spacial score (nSPS) is 10.2. The van der Waals surface area contributed by atoms with Crippen molar-refractivity contribution in [3.8, 4) is 0 Å². The minimum absolute atomic E-state index is 0.240. The van der Waals surface area contributed by atoms with Crippen molar-refractivity contribution in [2.24, 2.45) is 5.73 Å². The van der Waals surface area contributed by atoms with Gasteiger partial charge < -0.3 is 11.1 Å². The van der Waals surface area contributed by atoms with Gasteiger partial charge in [-0.15, -0.1) is 0 Å². The highest BCUT2D eigenvalue weighted by molar-refractivity contribution is 9.10. The van der Waals surface area contributed by atoms with Crippen LogP contribution >= 0.6 is 39.7 Å². The smallest absolute Gasteiger partial charge is 0.256 e. The summed E-state index contributed by atoms with van der Waals surface area (Å²) in [6.07, 6.45) is 0. The third-order valence-corrected chi connectivity index (χ3v) is 4.44. The summed E-state index contributed by atoms with van der Waals surface area (Å²) in [5, 5.41) is 3.21. The van der Waals surface area contributed by atoms with Crippen LogP contribution in [0.5, 0.6) is 0 Å². The van der Waals surface area contributed by atoms with Crippen LogP contribution in [0.3, 0.4) is 0 Å². The van der Waals surface area contributed by atoms with Gasteiger partial charge in [-0.25, -0.2) is 0 Å². The number of nitrogens with two attached hydrogens (primary N) is 1. The number of carbonyl (C=O) groups is 1. The minimum Gasteiger partial charge on any atom is -0.389 e. The number of hydrogen-bond donors (Lipinski definition) is 2. The molecule has 0 heterocycles. The van der Waals surface area contributed by atoms with Gasteiger partial charge in [-0.05, 0) is 36.8 Å². The van der Waals surface area contributed by atoms with Gasteiger partial charge in [0.1, 0.15) is 4.99 Å². The Morgan fingerprint density at radius 3 is 2.71 bits per heavy atom. The molecule has 0 aromatic heterocycles. The van der Waals surface area contributed by atoms with Gasteiger partial charge in [0.2, 0.25) is 0 Å². The van der Waals surface area contributed by atoms with E-state index in [1.165, 1.54) is 0 Å². The summed E-state index contributed by atoms with van der Waals surface area (Å²) < 4.78 is 0.873. The van der Waals surface area contributed by atoms with Crippen molar-refractivity contribution in [2.45, 2.75) is 6.92 Å². The van der Waals surface area contributed by atoms with Crippen LogP contribution in [0.15, 0.2) is 40.9 Å². The van der Waals surface area contributed by atoms with E-state index in [9.17, 15) is 4.79 Å². The van der Waals surface area contributed by atoms with Crippen LogP contribution in [0.25, 0.3) is 0 Å². The molecule has 3 nitrogen and oxygen atoms in total. The number of rotatable bonds is 3. The van der Waals surface area contributed by atoms with Crippen LogP contribution < -0.4 is 11.1 Å². The number of halogens is 2. The fourth-order valence-electron chi connectivity index (χ4n) is 1.82. The molecule has 0 aliphatic carbocycles. The topological polar surface area (TPSA) is 55.1 Å². The summed E-state index contributed by atoms with van der Waals surface area (Å²) in [6, 6.07) is 10.5. The van der Waals surface area contributed by atoms with Crippen molar-refractivity contribution in [3.05, 3.63) is 62.6 Å². The van der Waals surface area contributed by atoms with Crippen molar-refractivity contribution in [1.82, 2.24) is 0 Å². The Kier molecular flexibility index (Phi) is 4.98. The zero-order chi connectivity index (χ0) is 15.6. The second-order valence-corrected chi connectivity index (χ2v) is 6.13. The average Bonchev–Trinajstić information content (AvgIpc) is 2.43.